The molecule has 5 aliphatic heterocycles. The minimum absolute atomic E-state index is 0.173. The highest BCUT2D eigenvalue weighted by Crippen LogP contribution is 2.24. The van der Waals surface area contributed by atoms with Crippen molar-refractivity contribution >= 4 is 0 Å². The zero-order valence-electron chi connectivity index (χ0n) is 16.7. The number of likely N-dealkylation sites (tertiary alicyclic amines) is 2. The molecule has 154 valence electrons. The summed E-state index contributed by atoms with van der Waals surface area (Å²) in [5.41, 5.74) is 3.41. The molecule has 7 heteroatoms. The van der Waals surface area contributed by atoms with Crippen molar-refractivity contribution in [2.24, 2.45) is 5.92 Å². The first kappa shape index (κ1) is 18.7. The minimum atomic E-state index is 0.173. The maximum Gasteiger partial charge on any atom is 0.183 e. The van der Waals surface area contributed by atoms with Crippen LogP contribution in [-0.4, -0.2) is 74.9 Å². The van der Waals surface area contributed by atoms with E-state index >= 15 is 0 Å². The van der Waals surface area contributed by atoms with E-state index in [0.717, 1.165) is 19.3 Å². The summed E-state index contributed by atoms with van der Waals surface area (Å²) in [6.45, 7) is 7.03. The first-order chi connectivity index (χ1) is 13.4. The molecule has 7 nitrogen and oxygen atoms in total. The van der Waals surface area contributed by atoms with E-state index in [1.807, 2.05) is 0 Å². The fourth-order valence-corrected chi connectivity index (χ4v) is 6.34. The topological polar surface area (TPSA) is 66.8 Å². The van der Waals surface area contributed by atoms with Gasteiger partial charge in [0.15, 0.2) is 6.23 Å². The van der Waals surface area contributed by atoms with E-state index in [2.05, 4.69) is 21.0 Å². The molecular formula is C20H39N5O2+2. The van der Waals surface area contributed by atoms with Crippen LogP contribution in [0, 0.1) is 5.92 Å². The average molecular weight is 382 g/mol. The van der Waals surface area contributed by atoms with Gasteiger partial charge in [-0.05, 0) is 12.8 Å². The van der Waals surface area contributed by atoms with Crippen LogP contribution >= 0.6 is 0 Å². The number of nitrogens with zero attached hydrogens (tertiary/aromatic N) is 1. The van der Waals surface area contributed by atoms with Gasteiger partial charge in [-0.3, -0.25) is 15.1 Å². The Balaban J connectivity index is 1.17. The van der Waals surface area contributed by atoms with E-state index in [1.165, 1.54) is 77.5 Å². The Morgan fingerprint density at radius 1 is 1.00 bits per heavy atom. The third-order valence-electron chi connectivity index (χ3n) is 7.84. The number of hydrogen-bond donors (Lipinski definition) is 4. The number of piperidine rings is 1. The molecular weight excluding hydrogens is 342 g/mol. The zero-order chi connectivity index (χ0) is 18.1. The molecule has 5 saturated heterocycles. The van der Waals surface area contributed by atoms with Gasteiger partial charge in [0.2, 0.25) is 0 Å². The summed E-state index contributed by atoms with van der Waals surface area (Å²) < 4.78 is 5.59. The Morgan fingerprint density at radius 2 is 1.85 bits per heavy atom. The number of hydroxylamine groups is 1. The summed E-state index contributed by atoms with van der Waals surface area (Å²) in [7, 11) is 0. The van der Waals surface area contributed by atoms with Crippen molar-refractivity contribution in [3.63, 3.8) is 0 Å². The lowest BCUT2D eigenvalue weighted by Crippen LogP contribution is -3.19. The number of ether oxygens (including phenoxy) is 1. The predicted molar refractivity (Wildman–Crippen MR) is 102 cm³/mol. The molecule has 5 heterocycles. The van der Waals surface area contributed by atoms with Gasteiger partial charge >= 0.3 is 0 Å². The van der Waals surface area contributed by atoms with Gasteiger partial charge in [-0.2, -0.15) is 5.48 Å². The summed E-state index contributed by atoms with van der Waals surface area (Å²) in [6.07, 6.45) is 11.6. The highest BCUT2D eigenvalue weighted by atomic mass is 16.7. The van der Waals surface area contributed by atoms with Gasteiger partial charge in [-0.15, -0.1) is 0 Å². The lowest BCUT2D eigenvalue weighted by atomic mass is 9.92. The average Bonchev–Trinajstić information content (AvgIpc) is 3.50. The Kier molecular flexibility index (Phi) is 5.97. The molecule has 0 amide bonds. The van der Waals surface area contributed by atoms with Gasteiger partial charge in [0, 0.05) is 57.5 Å². The number of hydrogen-bond acceptors (Lipinski definition) is 5. The summed E-state index contributed by atoms with van der Waals surface area (Å²) in [4.78, 5) is 10.6. The number of rotatable bonds is 4. The maximum absolute atomic E-state index is 6.15. The smallest absolute Gasteiger partial charge is 0.183 e. The largest absolute Gasteiger partial charge is 0.381 e. The lowest BCUT2D eigenvalue weighted by molar-refractivity contribution is -0.942. The van der Waals surface area contributed by atoms with E-state index in [4.69, 9.17) is 9.57 Å². The number of nitrogens with two attached hydrogens (primary N) is 1. The van der Waals surface area contributed by atoms with Crippen LogP contribution in [0.2, 0.25) is 0 Å². The second kappa shape index (κ2) is 8.61. The summed E-state index contributed by atoms with van der Waals surface area (Å²) >= 11 is 0. The van der Waals surface area contributed by atoms with Crippen LogP contribution in [0.4, 0.5) is 0 Å². The van der Waals surface area contributed by atoms with Crippen LogP contribution in [0.15, 0.2) is 0 Å². The quantitative estimate of drug-likeness (QED) is 0.472. The molecule has 27 heavy (non-hydrogen) atoms. The molecule has 0 bridgehead atoms. The van der Waals surface area contributed by atoms with Crippen LogP contribution in [0.5, 0.6) is 0 Å². The normalized spacial score (nSPS) is 44.9. The van der Waals surface area contributed by atoms with Crippen molar-refractivity contribution < 1.29 is 19.8 Å². The van der Waals surface area contributed by atoms with Crippen LogP contribution < -0.4 is 21.0 Å². The molecule has 5 fully saturated rings. The molecule has 0 saturated carbocycles. The maximum atomic E-state index is 6.15. The summed E-state index contributed by atoms with van der Waals surface area (Å²) in [5, 5.41) is 6.44. The van der Waals surface area contributed by atoms with Gasteiger partial charge in [-0.25, -0.2) is 0 Å². The van der Waals surface area contributed by atoms with Crippen LogP contribution in [0.25, 0.3) is 0 Å². The Bertz CT molecular complexity index is 483. The van der Waals surface area contributed by atoms with Gasteiger partial charge in [0.25, 0.3) is 0 Å². The van der Waals surface area contributed by atoms with Crippen molar-refractivity contribution in [2.75, 3.05) is 39.4 Å². The fourth-order valence-electron chi connectivity index (χ4n) is 6.34. The molecule has 5 aliphatic rings. The third-order valence-corrected chi connectivity index (χ3v) is 7.84. The minimum Gasteiger partial charge on any atom is -0.381 e. The van der Waals surface area contributed by atoms with Crippen molar-refractivity contribution in [3.8, 4) is 0 Å². The molecule has 0 spiro atoms. The Hall–Kier alpha value is -0.280. The standard InChI is InChI=1S/C20H37N5O2/c1-2-10-24(9-1)18-14-15(5-8-21-18)19-22-20(27-23-19)17-4-3-11-25(17)16-6-12-26-13-7-16/h15-23H,1-14H2/p+2. The van der Waals surface area contributed by atoms with Crippen molar-refractivity contribution in [1.82, 2.24) is 15.7 Å². The van der Waals surface area contributed by atoms with Gasteiger partial charge in [0.05, 0.1) is 38.5 Å². The molecule has 0 aromatic heterocycles. The van der Waals surface area contributed by atoms with Crippen molar-refractivity contribution in [2.45, 2.75) is 82.0 Å². The molecule has 0 aliphatic carbocycles. The molecule has 6 atom stereocenters. The molecule has 5 N–H and O–H groups in total. The fraction of sp³-hybridized carbons (Fsp3) is 1.00. The zero-order valence-corrected chi connectivity index (χ0v) is 16.7. The predicted octanol–water partition coefficient (Wildman–Crippen LogP) is -1.62. The Labute approximate surface area is 163 Å². The van der Waals surface area contributed by atoms with Gasteiger partial charge < -0.3 is 15.0 Å². The van der Waals surface area contributed by atoms with E-state index < -0.39 is 0 Å². The molecule has 0 aromatic carbocycles. The lowest BCUT2D eigenvalue weighted by Gasteiger charge is -2.36. The van der Waals surface area contributed by atoms with Gasteiger partial charge in [-0.1, -0.05) is 0 Å². The molecule has 5 rings (SSSR count). The Morgan fingerprint density at radius 3 is 2.70 bits per heavy atom. The summed E-state index contributed by atoms with van der Waals surface area (Å²) in [6, 6.07) is 1.36. The van der Waals surface area contributed by atoms with Crippen LogP contribution in [0.3, 0.4) is 0 Å². The van der Waals surface area contributed by atoms with E-state index in [0.29, 0.717) is 24.3 Å². The molecule has 0 aromatic rings. The first-order valence-corrected chi connectivity index (χ1v) is 11.6. The first-order valence-electron chi connectivity index (χ1n) is 11.6. The van der Waals surface area contributed by atoms with E-state index in [1.54, 1.807) is 4.90 Å². The van der Waals surface area contributed by atoms with E-state index in [-0.39, 0.29) is 6.23 Å². The molecule has 0 radical (unpaired) electrons. The monoisotopic (exact) mass is 381 g/mol. The second-order valence-electron chi connectivity index (χ2n) is 9.38. The highest BCUT2D eigenvalue weighted by Gasteiger charge is 2.46. The third kappa shape index (κ3) is 4.06. The van der Waals surface area contributed by atoms with Crippen LogP contribution in [-0.2, 0) is 9.57 Å². The number of quaternary nitrogens is 2. The van der Waals surface area contributed by atoms with Crippen LogP contribution in [0.1, 0.15) is 51.4 Å². The van der Waals surface area contributed by atoms with Crippen molar-refractivity contribution in [1.29, 1.82) is 0 Å². The van der Waals surface area contributed by atoms with E-state index in [9.17, 15) is 0 Å². The molecule has 6 unspecified atom stereocenters. The SMILES string of the molecule is C1CCN(C2CC(C3NOC(C4CCC[NH+]4C4CCOCC4)N3)CC[NH2+]2)C1. The summed E-state index contributed by atoms with van der Waals surface area (Å²) in [5.74, 6) is 0.679. The van der Waals surface area contributed by atoms with Crippen molar-refractivity contribution in [3.05, 3.63) is 0 Å². The number of nitrogens with one attached hydrogen (secondary N) is 3. The highest BCUT2D eigenvalue weighted by molar-refractivity contribution is 4.86. The second-order valence-corrected chi connectivity index (χ2v) is 9.38. The van der Waals surface area contributed by atoms with Gasteiger partial charge in [0.1, 0.15) is 12.2 Å².